The number of alkyl halides is 3. The molecule has 1 aromatic rings. The second kappa shape index (κ2) is 6.83. The molecule has 2 saturated heterocycles. The van der Waals surface area contributed by atoms with Gasteiger partial charge in [0.2, 0.25) is 0 Å². The fraction of sp³-hybridized carbons (Fsp3) is 0.667. The van der Waals surface area contributed by atoms with E-state index in [2.05, 4.69) is 9.88 Å². The summed E-state index contributed by atoms with van der Waals surface area (Å²) in [5.74, 6) is 0.434. The van der Waals surface area contributed by atoms with E-state index in [1.54, 1.807) is 0 Å². The Morgan fingerprint density at radius 2 is 2.04 bits per heavy atom. The predicted molar refractivity (Wildman–Crippen MR) is 81.9 cm³/mol. The highest BCUT2D eigenvalue weighted by Crippen LogP contribution is 2.33. The van der Waals surface area contributed by atoms with Gasteiger partial charge in [-0.15, -0.1) is 0 Å². The van der Waals surface area contributed by atoms with Gasteiger partial charge in [-0.2, -0.15) is 13.2 Å². The number of rotatable bonds is 2. The minimum Gasteiger partial charge on any atom is -0.380 e. The third-order valence-electron chi connectivity index (χ3n) is 4.40. The normalized spacial score (nSPS) is 24.0. The van der Waals surface area contributed by atoms with Gasteiger partial charge >= 0.3 is 6.18 Å². The van der Waals surface area contributed by atoms with Gasteiger partial charge in [-0.05, 0) is 18.9 Å². The van der Waals surface area contributed by atoms with Gasteiger partial charge in [0.25, 0.3) is 0 Å². The molecule has 0 spiro atoms. The number of aromatic nitrogens is 1. The van der Waals surface area contributed by atoms with Crippen molar-refractivity contribution in [2.75, 3.05) is 44.3 Å². The van der Waals surface area contributed by atoms with Crippen molar-refractivity contribution in [1.82, 2.24) is 9.88 Å². The van der Waals surface area contributed by atoms with Gasteiger partial charge in [-0.3, -0.25) is 4.90 Å². The molecule has 2 aliphatic rings. The van der Waals surface area contributed by atoms with E-state index >= 15 is 0 Å². The lowest BCUT2D eigenvalue weighted by Crippen LogP contribution is -2.38. The lowest BCUT2D eigenvalue weighted by molar-refractivity contribution is -0.137. The number of hydrogen-bond acceptors (Lipinski definition) is 4. The Bertz CT molecular complexity index is 549. The van der Waals surface area contributed by atoms with Crippen LogP contribution in [0.5, 0.6) is 0 Å². The zero-order chi connectivity index (χ0) is 16.4. The minimum atomic E-state index is -4.42. The molecule has 128 valence electrons. The summed E-state index contributed by atoms with van der Waals surface area (Å²) in [5, 5.41) is 0.0532. The summed E-state index contributed by atoms with van der Waals surface area (Å²) in [4.78, 5) is 8.33. The van der Waals surface area contributed by atoms with Crippen molar-refractivity contribution >= 4 is 17.4 Å². The molecule has 0 amide bonds. The highest BCUT2D eigenvalue weighted by molar-refractivity contribution is 6.33. The van der Waals surface area contributed by atoms with Crippen LogP contribution in [0.1, 0.15) is 18.4 Å². The summed E-state index contributed by atoms with van der Waals surface area (Å²) >= 11 is 6.05. The molecule has 0 radical (unpaired) electrons. The van der Waals surface area contributed by atoms with Crippen molar-refractivity contribution in [3.63, 3.8) is 0 Å². The number of hydrogen-bond donors (Lipinski definition) is 0. The van der Waals surface area contributed by atoms with Gasteiger partial charge in [0.1, 0.15) is 5.82 Å². The van der Waals surface area contributed by atoms with Crippen LogP contribution in [-0.2, 0) is 10.9 Å². The lowest BCUT2D eigenvalue weighted by atomic mass is 10.2. The van der Waals surface area contributed by atoms with Gasteiger partial charge < -0.3 is 9.64 Å². The molecule has 8 heteroatoms. The Balaban J connectivity index is 1.69. The molecule has 0 N–H and O–H groups in total. The van der Waals surface area contributed by atoms with E-state index in [1.807, 2.05) is 4.90 Å². The van der Waals surface area contributed by atoms with Gasteiger partial charge in [0.05, 0.1) is 17.2 Å². The van der Waals surface area contributed by atoms with Crippen LogP contribution in [-0.4, -0.2) is 55.3 Å². The average molecular weight is 350 g/mol. The van der Waals surface area contributed by atoms with Crippen LogP contribution >= 0.6 is 11.6 Å². The van der Waals surface area contributed by atoms with E-state index in [4.69, 9.17) is 16.3 Å². The lowest BCUT2D eigenvalue weighted by Gasteiger charge is -2.26. The zero-order valence-electron chi connectivity index (χ0n) is 12.7. The third-order valence-corrected chi connectivity index (χ3v) is 4.68. The quantitative estimate of drug-likeness (QED) is 0.820. The number of anilines is 1. The maximum Gasteiger partial charge on any atom is 0.417 e. The van der Waals surface area contributed by atoms with Crippen LogP contribution < -0.4 is 4.90 Å². The minimum absolute atomic E-state index is 0.0532. The first kappa shape index (κ1) is 16.8. The van der Waals surface area contributed by atoms with E-state index in [9.17, 15) is 13.2 Å². The summed E-state index contributed by atoms with van der Waals surface area (Å²) in [7, 11) is 0. The van der Waals surface area contributed by atoms with E-state index in [-0.39, 0.29) is 5.02 Å². The highest BCUT2D eigenvalue weighted by atomic mass is 35.5. The molecule has 0 aliphatic carbocycles. The third kappa shape index (κ3) is 3.89. The number of pyridine rings is 1. The van der Waals surface area contributed by atoms with Crippen molar-refractivity contribution < 1.29 is 17.9 Å². The van der Waals surface area contributed by atoms with Crippen molar-refractivity contribution in [1.29, 1.82) is 0 Å². The van der Waals surface area contributed by atoms with Crippen molar-refractivity contribution in [2.24, 2.45) is 0 Å². The number of halogens is 4. The molecule has 1 aromatic heterocycles. The van der Waals surface area contributed by atoms with Gasteiger partial charge in [-0.25, -0.2) is 4.98 Å². The molecule has 0 aromatic carbocycles. The van der Waals surface area contributed by atoms with Crippen molar-refractivity contribution in [3.8, 4) is 0 Å². The Morgan fingerprint density at radius 1 is 1.22 bits per heavy atom. The summed E-state index contributed by atoms with van der Waals surface area (Å²) in [6, 6.07) is 1.41. The first-order valence-corrected chi connectivity index (χ1v) is 8.12. The van der Waals surface area contributed by atoms with Crippen LogP contribution in [0.3, 0.4) is 0 Å². The number of nitrogens with zero attached hydrogens (tertiary/aromatic N) is 3. The summed E-state index contributed by atoms with van der Waals surface area (Å²) in [6.07, 6.45) is -1.60. The Morgan fingerprint density at radius 3 is 2.70 bits per heavy atom. The summed E-state index contributed by atoms with van der Waals surface area (Å²) < 4.78 is 43.5. The van der Waals surface area contributed by atoms with Gasteiger partial charge in [0, 0.05) is 45.0 Å². The van der Waals surface area contributed by atoms with E-state index in [1.165, 1.54) is 0 Å². The molecule has 3 rings (SSSR count). The maximum absolute atomic E-state index is 12.7. The molecule has 0 saturated carbocycles. The topological polar surface area (TPSA) is 28.6 Å². The molecule has 1 unspecified atom stereocenters. The molecular formula is C15H19ClF3N3O. The Labute approximate surface area is 138 Å². The molecule has 1 atom stereocenters. The fourth-order valence-electron chi connectivity index (χ4n) is 3.14. The Hall–Kier alpha value is -1.05. The zero-order valence-corrected chi connectivity index (χ0v) is 13.4. The predicted octanol–water partition coefficient (Wildman–Crippen LogP) is 3.05. The second-order valence-electron chi connectivity index (χ2n) is 5.92. The molecule has 4 nitrogen and oxygen atoms in total. The molecule has 3 heterocycles. The van der Waals surface area contributed by atoms with Crippen LogP contribution in [0.15, 0.2) is 12.3 Å². The average Bonchev–Trinajstić information content (AvgIpc) is 2.92. The SMILES string of the molecule is FC(F)(F)c1cnc(N2CCCN(C3CCOC3)CC2)c(Cl)c1. The second-order valence-corrected chi connectivity index (χ2v) is 6.33. The first-order chi connectivity index (χ1) is 10.9. The van der Waals surface area contributed by atoms with E-state index in [0.717, 1.165) is 58.0 Å². The van der Waals surface area contributed by atoms with Crippen LogP contribution in [0.4, 0.5) is 19.0 Å². The van der Waals surface area contributed by atoms with E-state index < -0.39 is 11.7 Å². The smallest absolute Gasteiger partial charge is 0.380 e. The van der Waals surface area contributed by atoms with Crippen molar-refractivity contribution in [3.05, 3.63) is 22.8 Å². The van der Waals surface area contributed by atoms with Crippen LogP contribution in [0, 0.1) is 0 Å². The van der Waals surface area contributed by atoms with Crippen LogP contribution in [0.25, 0.3) is 0 Å². The van der Waals surface area contributed by atoms with Gasteiger partial charge in [0.15, 0.2) is 0 Å². The molecule has 23 heavy (non-hydrogen) atoms. The molecule has 2 fully saturated rings. The maximum atomic E-state index is 12.7. The summed E-state index contributed by atoms with van der Waals surface area (Å²) in [5.41, 5.74) is -0.814. The fourth-order valence-corrected chi connectivity index (χ4v) is 3.43. The monoisotopic (exact) mass is 349 g/mol. The molecular weight excluding hydrogens is 331 g/mol. The van der Waals surface area contributed by atoms with Crippen molar-refractivity contribution in [2.45, 2.75) is 25.1 Å². The first-order valence-electron chi connectivity index (χ1n) is 7.74. The highest BCUT2D eigenvalue weighted by Gasteiger charge is 2.32. The van der Waals surface area contributed by atoms with E-state index in [0.29, 0.717) is 18.4 Å². The van der Waals surface area contributed by atoms with Crippen LogP contribution in [0.2, 0.25) is 5.02 Å². The van der Waals surface area contributed by atoms with Gasteiger partial charge in [-0.1, -0.05) is 11.6 Å². The molecule has 0 bridgehead atoms. The molecule has 2 aliphatic heterocycles. The summed E-state index contributed by atoms with van der Waals surface area (Å²) in [6.45, 7) is 4.81. The largest absolute Gasteiger partial charge is 0.417 e. The standard InChI is InChI=1S/C15H19ClF3N3O/c16-13-8-11(15(17,18)19)9-20-14(13)22-4-1-3-21(5-6-22)12-2-7-23-10-12/h8-9,12H,1-7,10H2. The Kier molecular flexibility index (Phi) is 4.98. The number of ether oxygens (including phenoxy) is 1.